The Morgan fingerprint density at radius 1 is 0.966 bits per heavy atom. The van der Waals surface area contributed by atoms with Crippen molar-refractivity contribution < 1.29 is 33.5 Å². The predicted octanol–water partition coefficient (Wildman–Crippen LogP) is 9.12. The Balaban J connectivity index is 1.26. The van der Waals surface area contributed by atoms with E-state index in [0.717, 1.165) is 33.6 Å². The minimum atomic E-state index is -3.53. The predicted molar refractivity (Wildman–Crippen MR) is 234 cm³/mol. The first kappa shape index (κ1) is 43.1. The van der Waals surface area contributed by atoms with Crippen molar-refractivity contribution in [1.82, 2.24) is 19.5 Å². The largest absolute Gasteiger partial charge is 0.857 e. The zero-order valence-electron chi connectivity index (χ0n) is 32.7. The lowest BCUT2D eigenvalue weighted by atomic mass is 9.80. The van der Waals surface area contributed by atoms with Crippen LogP contribution in [0.4, 0.5) is 5.95 Å². The number of hydrogen-bond acceptors (Lipinski definition) is 12. The summed E-state index contributed by atoms with van der Waals surface area (Å²) in [7, 11) is 3.24. The lowest BCUT2D eigenvalue weighted by Gasteiger charge is -2.37. The Hall–Kier alpha value is -3.95. The number of imidazole rings is 1. The number of rotatable bonds is 17. The molecule has 0 bridgehead atoms. The van der Waals surface area contributed by atoms with Crippen LogP contribution >= 0.6 is 40.3 Å². The first-order valence-electron chi connectivity index (χ1n) is 18.8. The third-order valence-electron chi connectivity index (χ3n) is 9.85. The molecule has 1 aliphatic heterocycles. The van der Waals surface area contributed by atoms with Crippen molar-refractivity contribution in [2.24, 2.45) is 5.92 Å². The molecule has 1 unspecified atom stereocenters. The molecule has 4 aromatic carbocycles. The Bertz CT molecular complexity index is 2360. The fraction of sp³-hybridized carbons (Fsp3) is 0.310. The van der Waals surface area contributed by atoms with Gasteiger partial charge in [0.25, 0.3) is 0 Å². The van der Waals surface area contributed by atoms with Gasteiger partial charge in [-0.2, -0.15) is 4.98 Å². The molecule has 2 N–H and O–H groups in total. The molecule has 0 radical (unpaired) electrons. The monoisotopic (exact) mass is 894 g/mol. The molecule has 0 aliphatic carbocycles. The molecule has 12 nitrogen and oxygen atoms in total. The van der Waals surface area contributed by atoms with Gasteiger partial charge >= 0.3 is 0 Å². The van der Waals surface area contributed by atoms with Crippen molar-refractivity contribution >= 4 is 69.2 Å². The molecule has 2 aromatic heterocycles. The van der Waals surface area contributed by atoms with Crippen LogP contribution in [0.3, 0.4) is 0 Å². The molecule has 6 aromatic rings. The quantitative estimate of drug-likeness (QED) is 0.0664. The molecule has 7 rings (SSSR count). The maximum atomic E-state index is 13.1. The molecule has 3 heterocycles. The van der Waals surface area contributed by atoms with Gasteiger partial charge in [0.05, 0.1) is 33.3 Å². The van der Waals surface area contributed by atoms with Gasteiger partial charge in [0.2, 0.25) is 11.6 Å². The van der Waals surface area contributed by atoms with E-state index in [0.29, 0.717) is 39.7 Å². The Kier molecular flexibility index (Phi) is 13.7. The van der Waals surface area contributed by atoms with E-state index in [1.54, 1.807) is 37.0 Å². The molecule has 0 spiro atoms. The minimum absolute atomic E-state index is 0.0211. The van der Waals surface area contributed by atoms with Gasteiger partial charge < -0.3 is 38.8 Å². The smallest absolute Gasteiger partial charge is 0.245 e. The molecule has 4 atom stereocenters. The summed E-state index contributed by atoms with van der Waals surface area (Å²) >= 11 is 19.5. The van der Waals surface area contributed by atoms with Crippen molar-refractivity contribution in [3.63, 3.8) is 0 Å². The van der Waals surface area contributed by atoms with E-state index in [9.17, 15) is 10.00 Å². The Morgan fingerprint density at radius 2 is 1.61 bits per heavy atom. The van der Waals surface area contributed by atoms with E-state index in [4.69, 9.17) is 58.5 Å². The summed E-state index contributed by atoms with van der Waals surface area (Å²) in [5, 5.41) is 17.2. The van der Waals surface area contributed by atoms with Crippen molar-refractivity contribution in [1.29, 1.82) is 0 Å². The topological polar surface area (TPSA) is 145 Å². The van der Waals surface area contributed by atoms with E-state index < -0.39 is 35.6 Å². The Morgan fingerprint density at radius 3 is 2.22 bits per heavy atom. The lowest BCUT2D eigenvalue weighted by Crippen LogP contribution is -2.38. The number of anilines is 1. The average molecular weight is 896 g/mol. The highest BCUT2D eigenvalue weighted by atomic mass is 35.5. The second-order valence-corrected chi connectivity index (χ2v) is 21.2. The molecule has 59 heavy (non-hydrogen) atoms. The van der Waals surface area contributed by atoms with Crippen LogP contribution in [0.15, 0.2) is 103 Å². The standard InChI is InChI=1S/C42H44Cl2N5O7PS2/c1-26(2)22-45-41-47-39-38(40(50)48-41)46-25-49(39)37-21-35(56-57(51,58)59-24-27-10-15-31(43)20-34(27)44)36(55-37)23-54-42(28-8-6-5-7-9-28,29-11-16-32(52-3)17-12-29)30-13-18-33(53-4)19-14-30/h5-20,25-26,35-37H,21-24H2,1-4H3,(H,51,58)(H2,45,47,48,50)/p-1/t35-,36+,37+,57?/m0/s1. The van der Waals surface area contributed by atoms with Gasteiger partial charge in [-0.1, -0.05) is 109 Å². The number of aromatic nitrogens is 4. The fourth-order valence-corrected chi connectivity index (χ4v) is 10.8. The molecule has 1 saturated heterocycles. The van der Waals surface area contributed by atoms with E-state index >= 15 is 0 Å². The van der Waals surface area contributed by atoms with Crippen LogP contribution in [0.1, 0.15) is 48.8 Å². The van der Waals surface area contributed by atoms with Crippen molar-refractivity contribution in [3.8, 4) is 17.4 Å². The van der Waals surface area contributed by atoms with Crippen LogP contribution in [0.5, 0.6) is 17.4 Å². The second kappa shape index (κ2) is 18.8. The highest BCUT2D eigenvalue weighted by Gasteiger charge is 2.44. The minimum Gasteiger partial charge on any atom is -0.857 e. The lowest BCUT2D eigenvalue weighted by molar-refractivity contribution is -0.272. The number of nitrogens with zero attached hydrogens (tertiary/aromatic N) is 4. The van der Waals surface area contributed by atoms with Gasteiger partial charge in [-0.3, -0.25) is 4.57 Å². The number of hydrogen-bond donors (Lipinski definition) is 2. The van der Waals surface area contributed by atoms with Crippen LogP contribution in [-0.2, 0) is 37.2 Å². The molecule has 0 amide bonds. The van der Waals surface area contributed by atoms with E-state index in [1.165, 1.54) is 6.33 Å². The summed E-state index contributed by atoms with van der Waals surface area (Å²) in [5.74, 6) is 1.63. The number of ether oxygens (including phenoxy) is 4. The first-order valence-corrected chi connectivity index (χ1v) is 23.8. The number of methoxy groups -OCH3 is 2. The maximum Gasteiger partial charge on any atom is 0.245 e. The summed E-state index contributed by atoms with van der Waals surface area (Å²) in [6.07, 6.45) is -0.554. The summed E-state index contributed by atoms with van der Waals surface area (Å²) < 4.78 is 33.2. The normalized spacial score (nSPS) is 17.9. The van der Waals surface area contributed by atoms with Crippen LogP contribution in [0.25, 0.3) is 11.2 Å². The molecule has 1 fully saturated rings. The number of halogens is 2. The van der Waals surface area contributed by atoms with Gasteiger partial charge in [0, 0.05) is 34.6 Å². The summed E-state index contributed by atoms with van der Waals surface area (Å²) in [4.78, 5) is 24.8. The zero-order valence-corrected chi connectivity index (χ0v) is 36.7. The third-order valence-corrected chi connectivity index (χ3v) is 14.6. The zero-order chi connectivity index (χ0) is 41.7. The number of fused-ring (bicyclic) bond motifs is 1. The van der Waals surface area contributed by atoms with Crippen molar-refractivity contribution in [2.75, 3.05) is 32.7 Å². The maximum absolute atomic E-state index is 13.1. The summed E-state index contributed by atoms with van der Waals surface area (Å²) in [5.41, 5.74) is -1.05. The molecule has 310 valence electrons. The van der Waals surface area contributed by atoms with Gasteiger partial charge in [0.1, 0.15) is 34.9 Å². The summed E-state index contributed by atoms with van der Waals surface area (Å²) in [6.45, 7) is 4.64. The molecule has 17 heteroatoms. The van der Waals surface area contributed by atoms with E-state index in [-0.39, 0.29) is 30.2 Å². The Labute approximate surface area is 362 Å². The number of nitrogens with one attached hydrogen (secondary N) is 1. The van der Waals surface area contributed by atoms with Crippen molar-refractivity contribution in [2.45, 2.75) is 50.1 Å². The van der Waals surface area contributed by atoms with Gasteiger partial charge in [0.15, 0.2) is 5.65 Å². The van der Waals surface area contributed by atoms with Crippen LogP contribution < -0.4 is 19.9 Å². The third kappa shape index (κ3) is 9.83. The second-order valence-electron chi connectivity index (χ2n) is 14.3. The van der Waals surface area contributed by atoms with Crippen LogP contribution in [0.2, 0.25) is 10.0 Å². The fourth-order valence-electron chi connectivity index (χ4n) is 6.88. The first-order chi connectivity index (χ1) is 28.4. The van der Waals surface area contributed by atoms with Gasteiger partial charge in [-0.05, 0) is 76.4 Å². The molecule has 0 saturated carbocycles. The molecule has 1 aliphatic rings. The molecular weight excluding hydrogens is 853 g/mol. The number of benzene rings is 4. The van der Waals surface area contributed by atoms with E-state index in [2.05, 4.69) is 20.3 Å². The van der Waals surface area contributed by atoms with Gasteiger partial charge in [-0.15, -0.1) is 0 Å². The highest BCUT2D eigenvalue weighted by Crippen LogP contribution is 2.60. The SMILES string of the molecule is COc1ccc(C(OC[C@H]2O[C@@H](n3cnc4c([O-])nc(NCC(C)C)nc43)C[C@@H]2OP(O)(=S)SCc2ccc(Cl)cc2Cl)(c2ccccc2)c2ccc(OC)cc2)cc1. The van der Waals surface area contributed by atoms with Crippen LogP contribution in [0, 0.1) is 5.92 Å². The molecular formula is C42H43Cl2N5O7PS2-. The highest BCUT2D eigenvalue weighted by molar-refractivity contribution is 8.67. The van der Waals surface area contributed by atoms with E-state index in [1.807, 2.05) is 92.7 Å². The van der Waals surface area contributed by atoms with Crippen LogP contribution in [-0.4, -0.2) is 64.0 Å². The van der Waals surface area contributed by atoms with Gasteiger partial charge in [-0.25, -0.2) is 9.97 Å². The average Bonchev–Trinajstić information content (AvgIpc) is 3.84. The van der Waals surface area contributed by atoms with Crippen molar-refractivity contribution in [3.05, 3.63) is 136 Å². The summed E-state index contributed by atoms with van der Waals surface area (Å²) in [6, 6.07) is 30.5.